The monoisotopic (exact) mass is 269 g/mol. The van der Waals surface area contributed by atoms with Crippen LogP contribution in [0.4, 0.5) is 5.69 Å². The minimum atomic E-state index is -0.335. The van der Waals surface area contributed by atoms with Crippen LogP contribution in [-0.4, -0.2) is 43.2 Å². The summed E-state index contributed by atoms with van der Waals surface area (Å²) < 4.78 is 5.09. The number of carbonyl (C=O) groups is 1. The van der Waals surface area contributed by atoms with Crippen LogP contribution in [0, 0.1) is 0 Å². The Kier molecular flexibility index (Phi) is 4.38. The molecule has 0 spiro atoms. The van der Waals surface area contributed by atoms with Crippen molar-refractivity contribution in [3.05, 3.63) is 23.5 Å². The lowest BCUT2D eigenvalue weighted by Crippen LogP contribution is -2.55. The SMILES string of the molecule is CCOC(=O)C1CNCCN1c1ccncc1Cl. The molecule has 1 aliphatic heterocycles. The average Bonchev–Trinajstić information content (AvgIpc) is 2.40. The number of piperazine rings is 1. The third kappa shape index (κ3) is 2.73. The Morgan fingerprint density at radius 1 is 1.72 bits per heavy atom. The molecule has 0 bridgehead atoms. The van der Waals surface area contributed by atoms with Crippen LogP contribution in [0.5, 0.6) is 0 Å². The smallest absolute Gasteiger partial charge is 0.330 e. The number of rotatable bonds is 3. The molecule has 1 saturated heterocycles. The Morgan fingerprint density at radius 2 is 2.56 bits per heavy atom. The molecule has 1 unspecified atom stereocenters. The summed E-state index contributed by atoms with van der Waals surface area (Å²) in [5, 5.41) is 3.74. The van der Waals surface area contributed by atoms with Gasteiger partial charge in [0.25, 0.3) is 0 Å². The zero-order valence-corrected chi connectivity index (χ0v) is 11.0. The molecule has 1 aliphatic rings. The van der Waals surface area contributed by atoms with Gasteiger partial charge >= 0.3 is 5.97 Å². The van der Waals surface area contributed by atoms with E-state index in [0.29, 0.717) is 24.7 Å². The third-order valence-corrected chi connectivity index (χ3v) is 3.15. The van der Waals surface area contributed by atoms with Gasteiger partial charge < -0.3 is 15.0 Å². The molecule has 0 amide bonds. The summed E-state index contributed by atoms with van der Waals surface area (Å²) in [5.41, 5.74) is 0.825. The maximum Gasteiger partial charge on any atom is 0.330 e. The van der Waals surface area contributed by atoms with Crippen LogP contribution in [0.2, 0.25) is 5.02 Å². The average molecular weight is 270 g/mol. The number of ether oxygens (including phenoxy) is 1. The first kappa shape index (κ1) is 13.1. The zero-order chi connectivity index (χ0) is 13.0. The Labute approximate surface area is 111 Å². The number of aromatic nitrogens is 1. The first-order valence-corrected chi connectivity index (χ1v) is 6.35. The number of halogens is 1. The quantitative estimate of drug-likeness (QED) is 0.832. The van der Waals surface area contributed by atoms with Crippen molar-refractivity contribution in [2.24, 2.45) is 0 Å². The molecule has 0 radical (unpaired) electrons. The van der Waals surface area contributed by atoms with Crippen molar-refractivity contribution < 1.29 is 9.53 Å². The minimum Gasteiger partial charge on any atom is -0.464 e. The van der Waals surface area contributed by atoms with E-state index in [0.717, 1.165) is 12.2 Å². The molecule has 98 valence electrons. The van der Waals surface area contributed by atoms with E-state index in [2.05, 4.69) is 10.3 Å². The minimum absolute atomic E-state index is 0.224. The largest absolute Gasteiger partial charge is 0.464 e. The van der Waals surface area contributed by atoms with E-state index in [1.54, 1.807) is 19.3 Å². The lowest BCUT2D eigenvalue weighted by Gasteiger charge is -2.36. The lowest BCUT2D eigenvalue weighted by atomic mass is 10.1. The number of hydrogen-bond donors (Lipinski definition) is 1. The summed E-state index contributed by atoms with van der Waals surface area (Å²) in [6.45, 7) is 4.28. The van der Waals surface area contributed by atoms with Crippen molar-refractivity contribution in [1.82, 2.24) is 10.3 Å². The predicted molar refractivity (Wildman–Crippen MR) is 69.9 cm³/mol. The van der Waals surface area contributed by atoms with Crippen LogP contribution in [0.3, 0.4) is 0 Å². The topological polar surface area (TPSA) is 54.5 Å². The molecule has 6 heteroatoms. The van der Waals surface area contributed by atoms with Crippen LogP contribution in [-0.2, 0) is 9.53 Å². The fourth-order valence-corrected chi connectivity index (χ4v) is 2.27. The molecule has 1 aromatic rings. The molecule has 0 aromatic carbocycles. The van der Waals surface area contributed by atoms with Gasteiger partial charge in [-0.15, -0.1) is 0 Å². The van der Waals surface area contributed by atoms with Crippen LogP contribution in [0.15, 0.2) is 18.5 Å². The summed E-state index contributed by atoms with van der Waals surface area (Å²) in [4.78, 5) is 17.9. The van der Waals surface area contributed by atoms with Crippen molar-refractivity contribution in [1.29, 1.82) is 0 Å². The molecular weight excluding hydrogens is 254 g/mol. The highest BCUT2D eigenvalue weighted by molar-refractivity contribution is 6.33. The molecule has 5 nitrogen and oxygen atoms in total. The van der Waals surface area contributed by atoms with Crippen LogP contribution >= 0.6 is 11.6 Å². The van der Waals surface area contributed by atoms with Crippen molar-refractivity contribution in [2.45, 2.75) is 13.0 Å². The Hall–Kier alpha value is -1.33. The van der Waals surface area contributed by atoms with E-state index in [1.165, 1.54) is 0 Å². The number of nitrogens with one attached hydrogen (secondary N) is 1. The molecule has 0 saturated carbocycles. The second-order valence-corrected chi connectivity index (χ2v) is 4.40. The van der Waals surface area contributed by atoms with Gasteiger partial charge in [0.2, 0.25) is 0 Å². The van der Waals surface area contributed by atoms with Gasteiger partial charge in [0.05, 0.1) is 17.3 Å². The second-order valence-electron chi connectivity index (χ2n) is 3.99. The first-order valence-electron chi connectivity index (χ1n) is 5.97. The Morgan fingerprint density at radius 3 is 3.28 bits per heavy atom. The summed E-state index contributed by atoms with van der Waals surface area (Å²) in [6, 6.07) is 1.48. The van der Waals surface area contributed by atoms with Gasteiger partial charge in [-0.05, 0) is 13.0 Å². The number of nitrogens with zero attached hydrogens (tertiary/aromatic N) is 2. The van der Waals surface area contributed by atoms with Gasteiger partial charge in [0, 0.05) is 32.0 Å². The molecule has 1 fully saturated rings. The van der Waals surface area contributed by atoms with E-state index in [1.807, 2.05) is 11.0 Å². The van der Waals surface area contributed by atoms with E-state index >= 15 is 0 Å². The zero-order valence-electron chi connectivity index (χ0n) is 10.2. The molecule has 18 heavy (non-hydrogen) atoms. The van der Waals surface area contributed by atoms with Gasteiger partial charge in [-0.1, -0.05) is 11.6 Å². The fraction of sp³-hybridized carbons (Fsp3) is 0.500. The first-order chi connectivity index (χ1) is 8.74. The number of pyridine rings is 1. The molecule has 1 aromatic heterocycles. The maximum atomic E-state index is 11.9. The summed E-state index contributed by atoms with van der Waals surface area (Å²) in [5.74, 6) is -0.224. The van der Waals surface area contributed by atoms with Gasteiger partial charge in [0.15, 0.2) is 0 Å². The second kappa shape index (κ2) is 6.02. The number of hydrogen-bond acceptors (Lipinski definition) is 5. The number of esters is 1. The summed E-state index contributed by atoms with van der Waals surface area (Å²) in [6.07, 6.45) is 3.26. The molecule has 1 atom stereocenters. The molecule has 0 aliphatic carbocycles. The number of anilines is 1. The molecule has 2 heterocycles. The Balaban J connectivity index is 2.23. The van der Waals surface area contributed by atoms with Crippen LogP contribution in [0.1, 0.15) is 6.92 Å². The van der Waals surface area contributed by atoms with Crippen molar-refractivity contribution in [2.75, 3.05) is 31.1 Å². The molecular formula is C12H16ClN3O2. The van der Waals surface area contributed by atoms with E-state index in [9.17, 15) is 4.79 Å². The van der Waals surface area contributed by atoms with Crippen molar-refractivity contribution >= 4 is 23.3 Å². The highest BCUT2D eigenvalue weighted by Gasteiger charge is 2.30. The normalized spacial score (nSPS) is 19.7. The molecule has 2 rings (SSSR count). The number of carbonyl (C=O) groups excluding carboxylic acids is 1. The summed E-state index contributed by atoms with van der Waals surface area (Å²) in [7, 11) is 0. The fourth-order valence-electron chi connectivity index (χ4n) is 2.04. The van der Waals surface area contributed by atoms with Crippen LogP contribution < -0.4 is 10.2 Å². The highest BCUT2D eigenvalue weighted by Crippen LogP contribution is 2.26. The van der Waals surface area contributed by atoms with Gasteiger partial charge in [0.1, 0.15) is 6.04 Å². The van der Waals surface area contributed by atoms with Crippen molar-refractivity contribution in [3.63, 3.8) is 0 Å². The predicted octanol–water partition coefficient (Wildman–Crippen LogP) is 1.08. The van der Waals surface area contributed by atoms with Gasteiger partial charge in [-0.25, -0.2) is 4.79 Å². The van der Waals surface area contributed by atoms with Crippen molar-refractivity contribution in [3.8, 4) is 0 Å². The summed E-state index contributed by atoms with van der Waals surface area (Å²) >= 11 is 6.13. The van der Waals surface area contributed by atoms with Gasteiger partial charge in [-0.3, -0.25) is 4.98 Å². The molecule has 1 N–H and O–H groups in total. The van der Waals surface area contributed by atoms with Gasteiger partial charge in [-0.2, -0.15) is 0 Å². The third-order valence-electron chi connectivity index (χ3n) is 2.86. The van der Waals surface area contributed by atoms with E-state index in [-0.39, 0.29) is 12.0 Å². The van der Waals surface area contributed by atoms with Crippen LogP contribution in [0.25, 0.3) is 0 Å². The standard InChI is InChI=1S/C12H16ClN3O2/c1-2-18-12(17)11-8-15-5-6-16(11)10-3-4-14-7-9(10)13/h3-4,7,11,15H,2,5-6,8H2,1H3. The van der Waals surface area contributed by atoms with E-state index in [4.69, 9.17) is 16.3 Å². The van der Waals surface area contributed by atoms with E-state index < -0.39 is 0 Å². The highest BCUT2D eigenvalue weighted by atomic mass is 35.5. The Bertz CT molecular complexity index is 428. The lowest BCUT2D eigenvalue weighted by molar-refractivity contribution is -0.144. The maximum absolute atomic E-state index is 11.9.